The molecule has 3 nitrogen and oxygen atoms in total. The van der Waals surface area contributed by atoms with Crippen molar-refractivity contribution in [3.63, 3.8) is 0 Å². The summed E-state index contributed by atoms with van der Waals surface area (Å²) in [6.07, 6.45) is 9.64. The number of aromatic nitrogens is 2. The van der Waals surface area contributed by atoms with Gasteiger partial charge in [-0.05, 0) is 56.6 Å². The van der Waals surface area contributed by atoms with Crippen LogP contribution in [0.15, 0.2) is 6.20 Å². The van der Waals surface area contributed by atoms with Crippen LogP contribution in [-0.4, -0.2) is 27.8 Å². The van der Waals surface area contributed by atoms with Crippen molar-refractivity contribution in [2.45, 2.75) is 69.4 Å². The molecule has 0 spiro atoms. The molecule has 0 bridgehead atoms. The van der Waals surface area contributed by atoms with E-state index in [-0.39, 0.29) is 0 Å². The van der Waals surface area contributed by atoms with Gasteiger partial charge in [-0.15, -0.1) is 0 Å². The van der Waals surface area contributed by atoms with E-state index in [2.05, 4.69) is 30.3 Å². The molecule has 1 saturated carbocycles. The van der Waals surface area contributed by atoms with Crippen LogP contribution in [-0.2, 0) is 18.6 Å². The topological polar surface area (TPSA) is 37.8 Å². The Kier molecular flexibility index (Phi) is 5.17. The lowest BCUT2D eigenvalue weighted by molar-refractivity contribution is 0.418. The molecule has 1 aromatic heterocycles. The predicted octanol–water partition coefficient (Wildman–Crippen LogP) is 3.37. The first-order valence-corrected chi connectivity index (χ1v) is 9.48. The minimum absolute atomic E-state index is 0.697. The van der Waals surface area contributed by atoms with Gasteiger partial charge in [0.2, 0.25) is 0 Å². The van der Waals surface area contributed by atoms with Gasteiger partial charge in [-0.2, -0.15) is 11.8 Å². The molecule has 1 aromatic rings. The fraction of sp³-hybridized carbons (Fsp3) is 0.765. The first-order chi connectivity index (χ1) is 10.2. The van der Waals surface area contributed by atoms with Crippen LogP contribution in [0, 0.1) is 5.92 Å². The first-order valence-electron chi connectivity index (χ1n) is 8.43. The summed E-state index contributed by atoms with van der Waals surface area (Å²) in [6, 6.07) is 0.822. The highest BCUT2D eigenvalue weighted by molar-refractivity contribution is 7.99. The van der Waals surface area contributed by atoms with Crippen molar-refractivity contribution in [2.24, 2.45) is 5.92 Å². The molecule has 2 atom stereocenters. The summed E-state index contributed by atoms with van der Waals surface area (Å²) < 4.78 is 0. The fourth-order valence-corrected chi connectivity index (χ4v) is 3.63. The van der Waals surface area contributed by atoms with E-state index in [4.69, 9.17) is 4.98 Å². The van der Waals surface area contributed by atoms with E-state index in [0.717, 1.165) is 36.4 Å². The Labute approximate surface area is 132 Å². The lowest BCUT2D eigenvalue weighted by Gasteiger charge is -2.24. The summed E-state index contributed by atoms with van der Waals surface area (Å²) in [7, 11) is 0. The average molecular weight is 305 g/mol. The van der Waals surface area contributed by atoms with E-state index in [1.807, 2.05) is 11.8 Å². The molecule has 1 fully saturated rings. The summed E-state index contributed by atoms with van der Waals surface area (Å²) in [5, 5.41) is 4.36. The fourth-order valence-electron chi connectivity index (χ4n) is 2.82. The molecule has 2 unspecified atom stereocenters. The van der Waals surface area contributed by atoms with E-state index in [0.29, 0.717) is 5.25 Å². The normalized spacial score (nSPS) is 22.9. The number of hydrogen-bond acceptors (Lipinski definition) is 4. The van der Waals surface area contributed by atoms with Gasteiger partial charge in [-0.25, -0.2) is 9.97 Å². The van der Waals surface area contributed by atoms with Crippen molar-refractivity contribution in [2.75, 3.05) is 6.54 Å². The molecule has 2 aliphatic carbocycles. The molecule has 4 heteroatoms. The number of rotatable bonds is 7. The van der Waals surface area contributed by atoms with Crippen molar-refractivity contribution in [1.82, 2.24) is 15.3 Å². The zero-order valence-corrected chi connectivity index (χ0v) is 14.1. The van der Waals surface area contributed by atoms with E-state index in [1.165, 1.54) is 43.5 Å². The van der Waals surface area contributed by atoms with Gasteiger partial charge in [0.05, 0.1) is 5.75 Å². The van der Waals surface area contributed by atoms with Crippen LogP contribution in [0.2, 0.25) is 0 Å². The minimum atomic E-state index is 0.697. The molecule has 0 saturated heterocycles. The number of fused-ring (bicyclic) bond motifs is 1. The quantitative estimate of drug-likeness (QED) is 0.838. The van der Waals surface area contributed by atoms with Crippen LogP contribution in [0.1, 0.15) is 56.6 Å². The van der Waals surface area contributed by atoms with Gasteiger partial charge in [0.15, 0.2) is 0 Å². The van der Waals surface area contributed by atoms with Crippen molar-refractivity contribution < 1.29 is 0 Å². The van der Waals surface area contributed by atoms with Crippen molar-refractivity contribution >= 4 is 11.8 Å². The summed E-state index contributed by atoms with van der Waals surface area (Å²) in [5.74, 6) is 2.75. The number of nitrogens with zero attached hydrogens (tertiary/aromatic N) is 2. The highest BCUT2D eigenvalue weighted by Crippen LogP contribution is 2.26. The van der Waals surface area contributed by atoms with Crippen LogP contribution < -0.4 is 5.32 Å². The largest absolute Gasteiger partial charge is 0.314 e. The van der Waals surface area contributed by atoms with Gasteiger partial charge in [0.25, 0.3) is 0 Å². The van der Waals surface area contributed by atoms with Crippen LogP contribution in [0.3, 0.4) is 0 Å². The maximum absolute atomic E-state index is 4.81. The summed E-state index contributed by atoms with van der Waals surface area (Å²) in [6.45, 7) is 5.69. The molecule has 2 aliphatic rings. The second-order valence-electron chi connectivity index (χ2n) is 6.58. The summed E-state index contributed by atoms with van der Waals surface area (Å²) >= 11 is 1.96. The molecule has 1 heterocycles. The Morgan fingerprint density at radius 2 is 2.24 bits per heavy atom. The molecule has 116 valence electrons. The predicted molar refractivity (Wildman–Crippen MR) is 89.6 cm³/mol. The highest BCUT2D eigenvalue weighted by Gasteiger charge is 2.24. The molecule has 0 amide bonds. The van der Waals surface area contributed by atoms with Gasteiger partial charge < -0.3 is 5.32 Å². The Morgan fingerprint density at radius 1 is 1.38 bits per heavy atom. The third-order valence-electron chi connectivity index (χ3n) is 4.65. The summed E-state index contributed by atoms with van der Waals surface area (Å²) in [4.78, 5) is 9.40. The van der Waals surface area contributed by atoms with Gasteiger partial charge in [-0.3, -0.25) is 0 Å². The molecular weight excluding hydrogens is 278 g/mol. The zero-order valence-electron chi connectivity index (χ0n) is 13.3. The van der Waals surface area contributed by atoms with E-state index >= 15 is 0 Å². The zero-order chi connectivity index (χ0) is 14.7. The molecule has 0 aliphatic heterocycles. The van der Waals surface area contributed by atoms with E-state index in [9.17, 15) is 0 Å². The van der Waals surface area contributed by atoms with E-state index in [1.54, 1.807) is 0 Å². The molecule has 3 rings (SSSR count). The third-order valence-corrected chi connectivity index (χ3v) is 5.97. The number of nitrogens with one attached hydrogen (secondary N) is 1. The second kappa shape index (κ2) is 7.10. The maximum atomic E-state index is 4.81. The summed E-state index contributed by atoms with van der Waals surface area (Å²) in [5.41, 5.74) is 2.70. The molecule has 1 N–H and O–H groups in total. The minimum Gasteiger partial charge on any atom is -0.314 e. The van der Waals surface area contributed by atoms with Crippen molar-refractivity contribution in [1.29, 1.82) is 0 Å². The van der Waals surface area contributed by atoms with Crippen molar-refractivity contribution in [3.05, 3.63) is 23.3 Å². The number of hydrogen-bond donors (Lipinski definition) is 1. The molecular formula is C17H27N3S. The van der Waals surface area contributed by atoms with Gasteiger partial charge in [0.1, 0.15) is 5.82 Å². The van der Waals surface area contributed by atoms with Gasteiger partial charge in [0, 0.05) is 23.2 Å². The Hall–Kier alpha value is -0.610. The second-order valence-corrected chi connectivity index (χ2v) is 8.01. The van der Waals surface area contributed by atoms with Gasteiger partial charge in [-0.1, -0.05) is 13.8 Å². The molecule has 21 heavy (non-hydrogen) atoms. The van der Waals surface area contributed by atoms with Crippen LogP contribution in [0.4, 0.5) is 0 Å². The number of aryl methyl sites for hydroxylation is 1. The smallest absolute Gasteiger partial charge is 0.138 e. The SMILES string of the molecule is CCC(C)SCc1ncc2c(n1)CCC(CNC1CC1)C2. The highest BCUT2D eigenvalue weighted by atomic mass is 32.2. The Morgan fingerprint density at radius 3 is 3.00 bits per heavy atom. The maximum Gasteiger partial charge on any atom is 0.138 e. The van der Waals surface area contributed by atoms with Crippen LogP contribution in [0.5, 0.6) is 0 Å². The average Bonchev–Trinajstić information content (AvgIpc) is 3.34. The van der Waals surface area contributed by atoms with Crippen LogP contribution >= 0.6 is 11.8 Å². The molecule has 0 radical (unpaired) electrons. The van der Waals surface area contributed by atoms with E-state index < -0.39 is 0 Å². The first kappa shape index (κ1) is 15.3. The number of thioether (sulfide) groups is 1. The van der Waals surface area contributed by atoms with Crippen molar-refractivity contribution in [3.8, 4) is 0 Å². The lowest BCUT2D eigenvalue weighted by atomic mass is 9.87. The third kappa shape index (κ3) is 4.43. The monoisotopic (exact) mass is 305 g/mol. The lowest BCUT2D eigenvalue weighted by Crippen LogP contribution is -2.29. The van der Waals surface area contributed by atoms with Crippen LogP contribution in [0.25, 0.3) is 0 Å². The molecule has 0 aromatic carbocycles. The van der Waals surface area contributed by atoms with Gasteiger partial charge >= 0.3 is 0 Å². The standard InChI is InChI=1S/C17H27N3S/c1-3-12(2)21-11-17-19-10-14-8-13(4-7-16(14)20-17)9-18-15-5-6-15/h10,12-13,15,18H,3-9,11H2,1-2H3. The Bertz CT molecular complexity index is 473. The Balaban J connectivity index is 1.54.